The highest BCUT2D eigenvalue weighted by Gasteiger charge is 2.17. The minimum atomic E-state index is -0.859. The lowest BCUT2D eigenvalue weighted by Crippen LogP contribution is -2.45. The number of carbonyl (C=O) groups excluding carboxylic acids is 1. The van der Waals surface area contributed by atoms with Crippen molar-refractivity contribution in [3.63, 3.8) is 0 Å². The molecule has 0 rings (SSSR count). The number of hydrogen-bond donors (Lipinski definition) is 3. The summed E-state index contributed by atoms with van der Waals surface area (Å²) in [6, 6.07) is -0.645. The molecular formula is C57H93NO3. The quantitative estimate of drug-likeness (QED) is 0.0423. The maximum Gasteiger partial charge on any atom is 0.220 e. The zero-order chi connectivity index (χ0) is 44.2. The maximum atomic E-state index is 12.4. The first-order chi connectivity index (χ1) is 30.2. The summed E-state index contributed by atoms with van der Waals surface area (Å²) < 4.78 is 0. The molecule has 0 radical (unpaired) electrons. The van der Waals surface area contributed by atoms with Crippen molar-refractivity contribution in [2.45, 2.75) is 212 Å². The Morgan fingerprint density at radius 1 is 0.410 bits per heavy atom. The molecule has 4 heteroatoms. The lowest BCUT2D eigenvalue weighted by Gasteiger charge is -2.20. The molecule has 1 amide bonds. The fourth-order valence-electron chi connectivity index (χ4n) is 6.62. The predicted octanol–water partition coefficient (Wildman–Crippen LogP) is 16.3. The fraction of sp³-hybridized carbons (Fsp3) is 0.596. The van der Waals surface area contributed by atoms with Crippen molar-refractivity contribution < 1.29 is 15.0 Å². The van der Waals surface area contributed by atoms with Gasteiger partial charge in [-0.05, 0) is 96.3 Å². The standard InChI is InChI=1S/C57H93NO3/c1-3-5-7-9-11-13-15-17-19-20-21-22-23-24-25-26-27-28-29-30-31-32-33-34-35-36-37-38-39-41-43-45-47-49-51-53-57(61)58-55(54-59)56(60)52-50-48-46-44-42-40-18-16-14-12-10-8-6-4-2/h5,7,11,13,17,19,21-22,24-25,27-28,30-31,33-34,36-37,39,41,50,52,55-56,59-60H,3-4,6,8-10,12,14-16,18,20,23,26,29,32,35,38,40,42-49,51,53-54H2,1-2H3,(H,58,61)/b7-5-,13-11-,19-17-,22-21-,25-24-,28-27-,31-30-,34-33-,37-36-,41-39-,52-50+. The zero-order valence-corrected chi connectivity index (χ0v) is 39.4. The molecule has 0 aliphatic heterocycles. The molecule has 0 aromatic heterocycles. The molecule has 0 aromatic rings. The van der Waals surface area contributed by atoms with Crippen LogP contribution in [0.3, 0.4) is 0 Å². The average Bonchev–Trinajstić information content (AvgIpc) is 3.26. The van der Waals surface area contributed by atoms with E-state index >= 15 is 0 Å². The highest BCUT2D eigenvalue weighted by Crippen LogP contribution is 2.13. The molecule has 0 fully saturated rings. The van der Waals surface area contributed by atoms with Gasteiger partial charge in [0, 0.05) is 6.42 Å². The Balaban J connectivity index is 3.72. The van der Waals surface area contributed by atoms with Crippen molar-refractivity contribution in [3.8, 4) is 0 Å². The number of carbonyl (C=O) groups is 1. The fourth-order valence-corrected chi connectivity index (χ4v) is 6.62. The molecule has 2 atom stereocenters. The minimum absolute atomic E-state index is 0.0951. The molecule has 0 saturated heterocycles. The normalized spacial score (nSPS) is 14.1. The lowest BCUT2D eigenvalue weighted by atomic mass is 10.0. The van der Waals surface area contributed by atoms with Crippen LogP contribution in [0.1, 0.15) is 200 Å². The van der Waals surface area contributed by atoms with Crippen molar-refractivity contribution in [1.82, 2.24) is 5.32 Å². The lowest BCUT2D eigenvalue weighted by molar-refractivity contribution is -0.123. The molecule has 0 aromatic carbocycles. The number of amides is 1. The molecule has 0 spiro atoms. The van der Waals surface area contributed by atoms with Gasteiger partial charge in [0.1, 0.15) is 0 Å². The van der Waals surface area contributed by atoms with Gasteiger partial charge in [0.15, 0.2) is 0 Å². The number of aliphatic hydroxyl groups is 2. The number of rotatable bonds is 43. The van der Waals surface area contributed by atoms with Crippen LogP contribution in [-0.2, 0) is 4.79 Å². The third kappa shape index (κ3) is 47.4. The van der Waals surface area contributed by atoms with Crippen LogP contribution in [0.25, 0.3) is 0 Å². The van der Waals surface area contributed by atoms with Gasteiger partial charge in [-0.2, -0.15) is 0 Å². The highest BCUT2D eigenvalue weighted by molar-refractivity contribution is 5.76. The molecule has 0 heterocycles. The Hall–Kier alpha value is -3.47. The van der Waals surface area contributed by atoms with E-state index in [1.165, 1.54) is 70.6 Å². The van der Waals surface area contributed by atoms with Crippen LogP contribution in [0.15, 0.2) is 134 Å². The molecular weight excluding hydrogens is 747 g/mol. The zero-order valence-electron chi connectivity index (χ0n) is 39.4. The highest BCUT2D eigenvalue weighted by atomic mass is 16.3. The molecule has 61 heavy (non-hydrogen) atoms. The summed E-state index contributed by atoms with van der Waals surface area (Å²) in [6.07, 6.45) is 80.0. The topological polar surface area (TPSA) is 69.6 Å². The monoisotopic (exact) mass is 840 g/mol. The minimum Gasteiger partial charge on any atom is -0.394 e. The van der Waals surface area contributed by atoms with Crippen LogP contribution in [-0.4, -0.2) is 34.9 Å². The number of aliphatic hydroxyl groups excluding tert-OH is 2. The van der Waals surface area contributed by atoms with Gasteiger partial charge in [0.2, 0.25) is 5.91 Å². The van der Waals surface area contributed by atoms with E-state index < -0.39 is 12.1 Å². The third-order valence-electron chi connectivity index (χ3n) is 10.4. The third-order valence-corrected chi connectivity index (χ3v) is 10.4. The van der Waals surface area contributed by atoms with Crippen LogP contribution < -0.4 is 5.32 Å². The van der Waals surface area contributed by atoms with E-state index in [0.717, 1.165) is 109 Å². The van der Waals surface area contributed by atoms with Gasteiger partial charge >= 0.3 is 0 Å². The largest absolute Gasteiger partial charge is 0.394 e. The second-order valence-corrected chi connectivity index (χ2v) is 16.1. The summed E-state index contributed by atoms with van der Waals surface area (Å²) in [4.78, 5) is 12.4. The molecule has 0 aliphatic carbocycles. The van der Waals surface area contributed by atoms with Gasteiger partial charge in [-0.1, -0.05) is 231 Å². The molecule has 0 aliphatic rings. The summed E-state index contributed by atoms with van der Waals surface area (Å²) in [6.45, 7) is 4.17. The van der Waals surface area contributed by atoms with E-state index in [1.807, 2.05) is 6.08 Å². The second-order valence-electron chi connectivity index (χ2n) is 16.1. The van der Waals surface area contributed by atoms with Crippen molar-refractivity contribution in [3.05, 3.63) is 134 Å². The van der Waals surface area contributed by atoms with E-state index in [2.05, 4.69) is 141 Å². The molecule has 0 bridgehead atoms. The summed E-state index contributed by atoms with van der Waals surface area (Å²) >= 11 is 0. The maximum absolute atomic E-state index is 12.4. The Kier molecular flexibility index (Phi) is 48.0. The van der Waals surface area contributed by atoms with Crippen LogP contribution in [0.4, 0.5) is 0 Å². The molecule has 2 unspecified atom stereocenters. The molecule has 0 saturated carbocycles. The number of allylic oxidation sites excluding steroid dienone is 21. The van der Waals surface area contributed by atoms with Crippen molar-refractivity contribution in [2.75, 3.05) is 6.61 Å². The van der Waals surface area contributed by atoms with Gasteiger partial charge in [-0.15, -0.1) is 0 Å². The smallest absolute Gasteiger partial charge is 0.220 e. The molecule has 4 nitrogen and oxygen atoms in total. The summed E-state index contributed by atoms with van der Waals surface area (Å²) in [5, 5.41) is 23.0. The van der Waals surface area contributed by atoms with E-state index in [1.54, 1.807) is 6.08 Å². The van der Waals surface area contributed by atoms with Gasteiger partial charge < -0.3 is 15.5 Å². The van der Waals surface area contributed by atoms with E-state index in [0.29, 0.717) is 6.42 Å². The van der Waals surface area contributed by atoms with E-state index in [9.17, 15) is 15.0 Å². The van der Waals surface area contributed by atoms with Crippen molar-refractivity contribution >= 4 is 5.91 Å². The van der Waals surface area contributed by atoms with E-state index in [-0.39, 0.29) is 12.5 Å². The number of hydrogen-bond acceptors (Lipinski definition) is 3. The van der Waals surface area contributed by atoms with Gasteiger partial charge in [0.25, 0.3) is 0 Å². The van der Waals surface area contributed by atoms with Crippen LogP contribution in [0.5, 0.6) is 0 Å². The predicted molar refractivity (Wildman–Crippen MR) is 271 cm³/mol. The Morgan fingerprint density at radius 3 is 1.08 bits per heavy atom. The summed E-state index contributed by atoms with van der Waals surface area (Å²) in [5.41, 5.74) is 0. The van der Waals surface area contributed by atoms with Crippen molar-refractivity contribution in [2.24, 2.45) is 0 Å². The van der Waals surface area contributed by atoms with Crippen LogP contribution in [0, 0.1) is 0 Å². The first kappa shape index (κ1) is 57.5. The SMILES string of the molecule is CC/C=C\C/C=C\C/C=C\C/C=C\C/C=C\C/C=C\C/C=C\C/C=C\C/C=C\C/C=C\CCCCCCC(=O)NC(CO)C(O)/C=C/CCCCCCCCCCCCCC. The molecule has 3 N–H and O–H groups in total. The van der Waals surface area contributed by atoms with Crippen LogP contribution in [0.2, 0.25) is 0 Å². The Morgan fingerprint density at radius 2 is 0.721 bits per heavy atom. The van der Waals surface area contributed by atoms with Gasteiger partial charge in [-0.25, -0.2) is 0 Å². The second kappa shape index (κ2) is 50.9. The number of unbranched alkanes of at least 4 members (excludes halogenated alkanes) is 16. The average molecular weight is 840 g/mol. The Bertz CT molecular complexity index is 1270. The summed E-state index contributed by atoms with van der Waals surface area (Å²) in [7, 11) is 0. The van der Waals surface area contributed by atoms with E-state index in [4.69, 9.17) is 0 Å². The van der Waals surface area contributed by atoms with Crippen molar-refractivity contribution in [1.29, 1.82) is 0 Å². The first-order valence-corrected chi connectivity index (χ1v) is 24.9. The first-order valence-electron chi connectivity index (χ1n) is 24.9. The van der Waals surface area contributed by atoms with Crippen LogP contribution >= 0.6 is 0 Å². The number of nitrogens with one attached hydrogen (secondary N) is 1. The Labute approximate surface area is 377 Å². The van der Waals surface area contributed by atoms with Gasteiger partial charge in [-0.3, -0.25) is 4.79 Å². The molecule has 344 valence electrons. The summed E-state index contributed by atoms with van der Waals surface area (Å²) in [5.74, 6) is -0.0951. The van der Waals surface area contributed by atoms with Gasteiger partial charge in [0.05, 0.1) is 18.8 Å².